The van der Waals surface area contributed by atoms with Crippen LogP contribution in [0.25, 0.3) is 0 Å². The standard InChI is InChI=1S/C11H17IN4/c1-11(6-13-2)3-4-16(7-11)10-9(12)5-14-8-15-10/h5,8,13H,3-4,6-7H2,1-2H3. The molecule has 1 aliphatic heterocycles. The molecule has 0 saturated carbocycles. The van der Waals surface area contributed by atoms with Crippen LogP contribution in [-0.2, 0) is 0 Å². The summed E-state index contributed by atoms with van der Waals surface area (Å²) in [6.45, 7) is 5.55. The van der Waals surface area contributed by atoms with Gasteiger partial charge in [0.05, 0.1) is 3.57 Å². The molecule has 1 saturated heterocycles. The number of nitrogens with one attached hydrogen (secondary N) is 1. The molecule has 16 heavy (non-hydrogen) atoms. The monoisotopic (exact) mass is 332 g/mol. The van der Waals surface area contributed by atoms with Crippen LogP contribution in [0.1, 0.15) is 13.3 Å². The van der Waals surface area contributed by atoms with Crippen molar-refractivity contribution in [3.63, 3.8) is 0 Å². The Hall–Kier alpha value is -0.430. The number of nitrogens with zero attached hydrogens (tertiary/aromatic N) is 3. The van der Waals surface area contributed by atoms with Gasteiger partial charge in [-0.2, -0.15) is 0 Å². The SMILES string of the molecule is CNCC1(C)CCN(c2ncncc2I)C1. The van der Waals surface area contributed by atoms with Gasteiger partial charge in [-0.05, 0) is 41.5 Å². The molecule has 0 radical (unpaired) electrons. The quantitative estimate of drug-likeness (QED) is 0.852. The number of hydrogen-bond acceptors (Lipinski definition) is 4. The van der Waals surface area contributed by atoms with Gasteiger partial charge in [0, 0.05) is 25.8 Å². The Labute approximate surface area is 110 Å². The van der Waals surface area contributed by atoms with Crippen LogP contribution >= 0.6 is 22.6 Å². The summed E-state index contributed by atoms with van der Waals surface area (Å²) >= 11 is 2.30. The Kier molecular flexibility index (Phi) is 3.63. The van der Waals surface area contributed by atoms with Crippen molar-refractivity contribution in [2.75, 3.05) is 31.6 Å². The Balaban J connectivity index is 2.12. The van der Waals surface area contributed by atoms with E-state index in [1.54, 1.807) is 6.33 Å². The van der Waals surface area contributed by atoms with Crippen molar-refractivity contribution in [1.29, 1.82) is 0 Å². The molecular formula is C11H17IN4. The smallest absolute Gasteiger partial charge is 0.145 e. The van der Waals surface area contributed by atoms with Gasteiger partial charge in [-0.1, -0.05) is 6.92 Å². The van der Waals surface area contributed by atoms with Crippen LogP contribution in [0, 0.1) is 8.99 Å². The third-order valence-corrected chi connectivity index (χ3v) is 3.87. The van der Waals surface area contributed by atoms with Gasteiger partial charge >= 0.3 is 0 Å². The average Bonchev–Trinajstić information content (AvgIpc) is 2.62. The number of rotatable bonds is 3. The van der Waals surface area contributed by atoms with E-state index >= 15 is 0 Å². The van der Waals surface area contributed by atoms with Gasteiger partial charge in [-0.3, -0.25) is 0 Å². The summed E-state index contributed by atoms with van der Waals surface area (Å²) in [5, 5.41) is 3.28. The zero-order chi connectivity index (χ0) is 11.6. The van der Waals surface area contributed by atoms with E-state index < -0.39 is 0 Å². The van der Waals surface area contributed by atoms with Crippen LogP contribution in [0.3, 0.4) is 0 Å². The minimum atomic E-state index is 0.364. The molecule has 1 atom stereocenters. The zero-order valence-corrected chi connectivity index (χ0v) is 11.9. The van der Waals surface area contributed by atoms with Crippen molar-refractivity contribution in [3.05, 3.63) is 16.1 Å². The first-order valence-electron chi connectivity index (χ1n) is 5.50. The summed E-state index contributed by atoms with van der Waals surface area (Å²) in [6.07, 6.45) is 4.72. The van der Waals surface area contributed by atoms with Crippen LogP contribution < -0.4 is 10.2 Å². The van der Waals surface area contributed by atoms with E-state index in [0.717, 1.165) is 29.0 Å². The molecule has 2 heterocycles. The third kappa shape index (κ3) is 2.45. The van der Waals surface area contributed by atoms with Gasteiger partial charge < -0.3 is 10.2 Å². The number of halogens is 1. The molecule has 1 aromatic rings. The van der Waals surface area contributed by atoms with Crippen LogP contribution in [0.5, 0.6) is 0 Å². The highest BCUT2D eigenvalue weighted by molar-refractivity contribution is 14.1. The van der Waals surface area contributed by atoms with Crippen molar-refractivity contribution in [3.8, 4) is 0 Å². The highest BCUT2D eigenvalue weighted by Crippen LogP contribution is 2.33. The summed E-state index contributed by atoms with van der Waals surface area (Å²) < 4.78 is 1.13. The highest BCUT2D eigenvalue weighted by atomic mass is 127. The second-order valence-electron chi connectivity index (χ2n) is 4.71. The lowest BCUT2D eigenvalue weighted by atomic mass is 9.90. The van der Waals surface area contributed by atoms with Crippen LogP contribution in [0.15, 0.2) is 12.5 Å². The molecule has 0 spiro atoms. The number of anilines is 1. The second-order valence-corrected chi connectivity index (χ2v) is 5.87. The Morgan fingerprint density at radius 2 is 2.44 bits per heavy atom. The van der Waals surface area contributed by atoms with Crippen molar-refractivity contribution in [2.45, 2.75) is 13.3 Å². The zero-order valence-electron chi connectivity index (χ0n) is 9.70. The van der Waals surface area contributed by atoms with Gasteiger partial charge in [-0.25, -0.2) is 9.97 Å². The molecule has 5 heteroatoms. The summed E-state index contributed by atoms with van der Waals surface area (Å²) in [4.78, 5) is 10.8. The van der Waals surface area contributed by atoms with Crippen molar-refractivity contribution in [1.82, 2.24) is 15.3 Å². The maximum absolute atomic E-state index is 4.37. The van der Waals surface area contributed by atoms with Crippen molar-refractivity contribution < 1.29 is 0 Å². The summed E-state index contributed by atoms with van der Waals surface area (Å²) in [5.41, 5.74) is 0.364. The minimum Gasteiger partial charge on any atom is -0.355 e. The lowest BCUT2D eigenvalue weighted by molar-refractivity contribution is 0.355. The van der Waals surface area contributed by atoms with Crippen molar-refractivity contribution in [2.24, 2.45) is 5.41 Å². The van der Waals surface area contributed by atoms with E-state index in [0.29, 0.717) is 5.41 Å². The minimum absolute atomic E-state index is 0.364. The van der Waals surface area contributed by atoms with Crippen molar-refractivity contribution >= 4 is 28.4 Å². The molecule has 0 bridgehead atoms. The molecule has 1 aromatic heterocycles. The molecule has 2 rings (SSSR count). The van der Waals surface area contributed by atoms with Crippen LogP contribution in [-0.4, -0.2) is 36.6 Å². The first-order valence-corrected chi connectivity index (χ1v) is 6.57. The molecule has 4 nitrogen and oxygen atoms in total. The highest BCUT2D eigenvalue weighted by Gasteiger charge is 2.34. The maximum atomic E-state index is 4.37. The van der Waals surface area contributed by atoms with Crippen LogP contribution in [0.2, 0.25) is 0 Å². The lowest BCUT2D eigenvalue weighted by Crippen LogP contribution is -2.33. The molecule has 1 fully saturated rings. The third-order valence-electron chi connectivity index (χ3n) is 3.11. The Morgan fingerprint density at radius 3 is 3.12 bits per heavy atom. The first-order chi connectivity index (χ1) is 7.64. The van der Waals surface area contributed by atoms with E-state index in [4.69, 9.17) is 0 Å². The Morgan fingerprint density at radius 1 is 1.62 bits per heavy atom. The molecule has 1 aliphatic rings. The molecular weight excluding hydrogens is 315 g/mol. The molecule has 1 unspecified atom stereocenters. The Bertz CT molecular complexity index is 371. The number of hydrogen-bond donors (Lipinski definition) is 1. The predicted octanol–water partition coefficient (Wildman–Crippen LogP) is 1.52. The van der Waals surface area contributed by atoms with Crippen LogP contribution in [0.4, 0.5) is 5.82 Å². The van der Waals surface area contributed by atoms with E-state index in [1.165, 1.54) is 6.42 Å². The van der Waals surface area contributed by atoms with E-state index in [-0.39, 0.29) is 0 Å². The maximum Gasteiger partial charge on any atom is 0.145 e. The largest absolute Gasteiger partial charge is 0.355 e. The predicted molar refractivity (Wildman–Crippen MR) is 73.6 cm³/mol. The topological polar surface area (TPSA) is 41.0 Å². The number of aromatic nitrogens is 2. The lowest BCUT2D eigenvalue weighted by Gasteiger charge is -2.24. The normalized spacial score (nSPS) is 25.1. The van der Waals surface area contributed by atoms with Gasteiger partial charge in [-0.15, -0.1) is 0 Å². The molecule has 0 aliphatic carbocycles. The summed E-state index contributed by atoms with van der Waals surface area (Å²) in [5.74, 6) is 1.08. The average molecular weight is 332 g/mol. The van der Waals surface area contributed by atoms with E-state index in [1.807, 2.05) is 13.2 Å². The summed E-state index contributed by atoms with van der Waals surface area (Å²) in [7, 11) is 2.02. The van der Waals surface area contributed by atoms with E-state index in [9.17, 15) is 0 Å². The molecule has 0 aromatic carbocycles. The van der Waals surface area contributed by atoms with Gasteiger partial charge in [0.25, 0.3) is 0 Å². The first kappa shape index (κ1) is 12.0. The second kappa shape index (κ2) is 4.83. The summed E-state index contributed by atoms with van der Waals surface area (Å²) in [6, 6.07) is 0. The van der Waals surface area contributed by atoms with Gasteiger partial charge in [0.15, 0.2) is 0 Å². The van der Waals surface area contributed by atoms with Gasteiger partial charge in [0.2, 0.25) is 0 Å². The molecule has 0 amide bonds. The fourth-order valence-corrected chi connectivity index (χ4v) is 2.96. The van der Waals surface area contributed by atoms with E-state index in [2.05, 4.69) is 49.7 Å². The molecule has 1 N–H and O–H groups in total. The fraction of sp³-hybridized carbons (Fsp3) is 0.636. The van der Waals surface area contributed by atoms with Gasteiger partial charge in [0.1, 0.15) is 12.1 Å². The fourth-order valence-electron chi connectivity index (χ4n) is 2.31. The molecule has 88 valence electrons.